The van der Waals surface area contributed by atoms with Crippen LogP contribution in [-0.2, 0) is 0 Å². The molecule has 0 saturated carbocycles. The molecule has 4 aromatic rings. The summed E-state index contributed by atoms with van der Waals surface area (Å²) in [5.41, 5.74) is 9.81. The SMILES string of the molecule is C=C(CO)c1ccc(C(=O)Nc2nc3ccc(-c4ccc(N)nc4)nc3s2)cc1. The van der Waals surface area contributed by atoms with Crippen molar-refractivity contribution in [3.63, 3.8) is 0 Å². The van der Waals surface area contributed by atoms with Crippen molar-refractivity contribution in [3.8, 4) is 11.3 Å². The summed E-state index contributed by atoms with van der Waals surface area (Å²) in [7, 11) is 0. The van der Waals surface area contributed by atoms with Gasteiger partial charge in [-0.05, 0) is 47.5 Å². The quantitative estimate of drug-likeness (QED) is 0.469. The number of aliphatic hydroxyl groups excluding tert-OH is 1. The molecule has 0 aliphatic rings. The Hall–Kier alpha value is -3.62. The maximum Gasteiger partial charge on any atom is 0.257 e. The average molecular weight is 403 g/mol. The molecular weight excluding hydrogens is 386 g/mol. The van der Waals surface area contributed by atoms with Crippen molar-refractivity contribution in [1.82, 2.24) is 15.0 Å². The topological polar surface area (TPSA) is 114 Å². The van der Waals surface area contributed by atoms with Crippen LogP contribution >= 0.6 is 11.3 Å². The summed E-state index contributed by atoms with van der Waals surface area (Å²) in [5.74, 6) is 0.180. The zero-order valence-electron chi connectivity index (χ0n) is 15.3. The van der Waals surface area contributed by atoms with E-state index in [1.807, 2.05) is 18.2 Å². The number of benzene rings is 1. The highest BCUT2D eigenvalue weighted by molar-refractivity contribution is 7.22. The van der Waals surface area contributed by atoms with Crippen LogP contribution in [0, 0.1) is 0 Å². The Labute approximate surface area is 170 Å². The Balaban J connectivity index is 1.54. The van der Waals surface area contributed by atoms with Crippen molar-refractivity contribution in [2.45, 2.75) is 0 Å². The molecule has 7 nitrogen and oxygen atoms in total. The summed E-state index contributed by atoms with van der Waals surface area (Å²) >= 11 is 1.30. The number of amides is 1. The molecule has 144 valence electrons. The number of thiazole rings is 1. The lowest BCUT2D eigenvalue weighted by Crippen LogP contribution is -2.11. The predicted octanol–water partition coefficient (Wildman–Crippen LogP) is 3.59. The van der Waals surface area contributed by atoms with Gasteiger partial charge in [0.1, 0.15) is 16.2 Å². The van der Waals surface area contributed by atoms with Gasteiger partial charge in [-0.2, -0.15) is 0 Å². The van der Waals surface area contributed by atoms with E-state index in [0.29, 0.717) is 32.4 Å². The first-order chi connectivity index (χ1) is 14.0. The molecule has 0 atom stereocenters. The van der Waals surface area contributed by atoms with Gasteiger partial charge in [0.25, 0.3) is 5.91 Å². The third-order valence-corrected chi connectivity index (χ3v) is 5.18. The number of carbonyl (C=O) groups excluding carboxylic acids is 1. The van der Waals surface area contributed by atoms with Crippen LogP contribution in [-0.4, -0.2) is 32.6 Å². The van der Waals surface area contributed by atoms with Crippen molar-refractivity contribution >= 4 is 44.1 Å². The van der Waals surface area contributed by atoms with Crippen molar-refractivity contribution in [1.29, 1.82) is 0 Å². The number of aromatic nitrogens is 3. The predicted molar refractivity (Wildman–Crippen MR) is 116 cm³/mol. The molecule has 3 aromatic heterocycles. The van der Waals surface area contributed by atoms with Gasteiger partial charge >= 0.3 is 0 Å². The molecule has 0 aliphatic carbocycles. The third-order valence-electron chi connectivity index (χ3n) is 4.30. The molecule has 0 aliphatic heterocycles. The largest absolute Gasteiger partial charge is 0.392 e. The summed E-state index contributed by atoms with van der Waals surface area (Å²) in [6.07, 6.45) is 1.67. The molecule has 4 rings (SSSR count). The van der Waals surface area contributed by atoms with Gasteiger partial charge in [0.2, 0.25) is 0 Å². The summed E-state index contributed by atoms with van der Waals surface area (Å²) in [4.78, 5) is 26.3. The number of pyridine rings is 2. The first kappa shape index (κ1) is 18.7. The Morgan fingerprint density at radius 1 is 1.07 bits per heavy atom. The lowest BCUT2D eigenvalue weighted by atomic mass is 10.1. The van der Waals surface area contributed by atoms with Crippen molar-refractivity contribution < 1.29 is 9.90 Å². The maximum absolute atomic E-state index is 12.5. The number of rotatable bonds is 5. The van der Waals surface area contributed by atoms with Gasteiger partial charge < -0.3 is 10.8 Å². The van der Waals surface area contributed by atoms with Crippen LogP contribution in [0.25, 0.3) is 27.2 Å². The van der Waals surface area contributed by atoms with Crippen LogP contribution in [0.4, 0.5) is 10.9 Å². The van der Waals surface area contributed by atoms with Crippen LogP contribution in [0.15, 0.2) is 61.3 Å². The Morgan fingerprint density at radius 3 is 2.52 bits per heavy atom. The molecule has 3 heterocycles. The highest BCUT2D eigenvalue weighted by Crippen LogP contribution is 2.28. The number of nitrogens with zero attached hydrogens (tertiary/aromatic N) is 3. The number of hydrogen-bond donors (Lipinski definition) is 3. The highest BCUT2D eigenvalue weighted by atomic mass is 32.1. The van der Waals surface area contributed by atoms with Crippen LogP contribution < -0.4 is 11.1 Å². The smallest absolute Gasteiger partial charge is 0.257 e. The zero-order chi connectivity index (χ0) is 20.4. The molecule has 4 N–H and O–H groups in total. The van der Waals surface area contributed by atoms with E-state index in [4.69, 9.17) is 10.8 Å². The lowest BCUT2D eigenvalue weighted by Gasteiger charge is -2.04. The van der Waals surface area contributed by atoms with Crippen LogP contribution in [0.5, 0.6) is 0 Å². The lowest BCUT2D eigenvalue weighted by molar-refractivity contribution is 0.102. The average Bonchev–Trinajstić information content (AvgIpc) is 3.15. The first-order valence-corrected chi connectivity index (χ1v) is 9.55. The molecule has 8 heteroatoms. The van der Waals surface area contributed by atoms with Crippen LogP contribution in [0.1, 0.15) is 15.9 Å². The molecule has 0 spiro atoms. The molecule has 29 heavy (non-hydrogen) atoms. The summed E-state index contributed by atoms with van der Waals surface area (Å²) in [5, 5.41) is 12.4. The molecule has 0 unspecified atom stereocenters. The minimum atomic E-state index is -0.270. The third kappa shape index (κ3) is 3.98. The van der Waals surface area contributed by atoms with Gasteiger partial charge in [-0.25, -0.2) is 15.0 Å². The monoisotopic (exact) mass is 403 g/mol. The van der Waals surface area contributed by atoms with Gasteiger partial charge in [-0.3, -0.25) is 10.1 Å². The number of carbonyl (C=O) groups is 1. The second-order valence-corrected chi connectivity index (χ2v) is 7.28. The standard InChI is InChI=1S/C21H17N5O2S/c1-12(11-27)13-2-4-14(5-3-13)19(28)26-21-25-17-8-7-16(24-20(17)29-21)15-6-9-18(22)23-10-15/h2-10,27H,1,11H2,(H2,22,23)(H,25,26,28). The Kier molecular flexibility index (Phi) is 5.03. The molecule has 0 fully saturated rings. The number of aliphatic hydroxyl groups is 1. The van der Waals surface area contributed by atoms with E-state index in [-0.39, 0.29) is 12.5 Å². The maximum atomic E-state index is 12.5. The van der Waals surface area contributed by atoms with Gasteiger partial charge in [0.15, 0.2) is 5.13 Å². The molecule has 0 bridgehead atoms. The van der Waals surface area contributed by atoms with E-state index in [0.717, 1.165) is 16.8 Å². The molecule has 1 aromatic carbocycles. The summed E-state index contributed by atoms with van der Waals surface area (Å²) in [6.45, 7) is 3.64. The number of nitrogen functional groups attached to an aromatic ring is 1. The van der Waals surface area contributed by atoms with E-state index in [1.54, 1.807) is 36.5 Å². The molecule has 0 saturated heterocycles. The number of hydrogen-bond acceptors (Lipinski definition) is 7. The number of nitrogens with two attached hydrogens (primary N) is 1. The number of nitrogens with one attached hydrogen (secondary N) is 1. The summed E-state index contributed by atoms with van der Waals surface area (Å²) < 4.78 is 0. The minimum Gasteiger partial charge on any atom is -0.392 e. The van der Waals surface area contributed by atoms with E-state index < -0.39 is 0 Å². The molecule has 1 amide bonds. The second-order valence-electron chi connectivity index (χ2n) is 6.30. The van der Waals surface area contributed by atoms with E-state index in [2.05, 4.69) is 26.8 Å². The Morgan fingerprint density at radius 2 is 1.83 bits per heavy atom. The van der Waals surface area contributed by atoms with Crippen LogP contribution in [0.2, 0.25) is 0 Å². The fourth-order valence-electron chi connectivity index (χ4n) is 2.71. The second kappa shape index (κ2) is 7.78. The molecular formula is C21H17N5O2S. The van der Waals surface area contributed by atoms with Crippen molar-refractivity contribution in [3.05, 3.63) is 72.4 Å². The van der Waals surface area contributed by atoms with Gasteiger partial charge in [0, 0.05) is 17.3 Å². The van der Waals surface area contributed by atoms with E-state index in [9.17, 15) is 4.79 Å². The normalized spacial score (nSPS) is 10.8. The zero-order valence-corrected chi connectivity index (χ0v) is 16.1. The summed E-state index contributed by atoms with van der Waals surface area (Å²) in [6, 6.07) is 14.2. The number of anilines is 2. The first-order valence-electron chi connectivity index (χ1n) is 8.73. The fourth-order valence-corrected chi connectivity index (χ4v) is 3.54. The van der Waals surface area contributed by atoms with E-state index in [1.165, 1.54) is 11.3 Å². The highest BCUT2D eigenvalue weighted by Gasteiger charge is 2.12. The molecule has 0 radical (unpaired) electrons. The van der Waals surface area contributed by atoms with Crippen molar-refractivity contribution in [2.24, 2.45) is 0 Å². The van der Waals surface area contributed by atoms with Gasteiger partial charge in [-0.1, -0.05) is 30.0 Å². The minimum absolute atomic E-state index is 0.126. The fraction of sp³-hybridized carbons (Fsp3) is 0.0476. The Bertz CT molecular complexity index is 1200. The van der Waals surface area contributed by atoms with Gasteiger partial charge in [0.05, 0.1) is 12.3 Å². The van der Waals surface area contributed by atoms with Crippen LogP contribution in [0.3, 0.4) is 0 Å². The number of fused-ring (bicyclic) bond motifs is 1. The van der Waals surface area contributed by atoms with E-state index >= 15 is 0 Å². The van der Waals surface area contributed by atoms with Crippen molar-refractivity contribution in [2.75, 3.05) is 17.7 Å². The van der Waals surface area contributed by atoms with Gasteiger partial charge in [-0.15, -0.1) is 0 Å².